The molecule has 0 radical (unpaired) electrons. The maximum Gasteiger partial charge on any atom is 0.340 e. The van der Waals surface area contributed by atoms with Crippen molar-refractivity contribution in [2.75, 3.05) is 11.9 Å². The second-order valence-corrected chi connectivity index (χ2v) is 6.75. The molecule has 1 amide bonds. The maximum absolute atomic E-state index is 12.0. The number of nitrogens with zero attached hydrogens (tertiary/aromatic N) is 1. The van der Waals surface area contributed by atoms with Crippen molar-refractivity contribution in [1.82, 2.24) is 4.98 Å². The third kappa shape index (κ3) is 4.91. The maximum atomic E-state index is 12.0. The smallest absolute Gasteiger partial charge is 0.340 e. The Bertz CT molecular complexity index is 946. The summed E-state index contributed by atoms with van der Waals surface area (Å²) < 4.78 is 4.86. The SMILES string of the molecule is O=C(COC(=O)C(O)c1ccccc1)Nc1nc(-c2ccccc2Cl)cs1. The average molecular weight is 403 g/mol. The van der Waals surface area contributed by atoms with Crippen LogP contribution in [0.4, 0.5) is 5.13 Å². The van der Waals surface area contributed by atoms with E-state index in [1.165, 1.54) is 11.3 Å². The molecule has 6 nitrogen and oxygen atoms in total. The summed E-state index contributed by atoms with van der Waals surface area (Å²) in [4.78, 5) is 28.1. The number of benzene rings is 2. The summed E-state index contributed by atoms with van der Waals surface area (Å²) in [5, 5.41) is 15.2. The highest BCUT2D eigenvalue weighted by Gasteiger charge is 2.20. The Balaban J connectivity index is 1.54. The molecule has 3 rings (SSSR count). The lowest BCUT2D eigenvalue weighted by molar-refractivity contribution is -0.156. The summed E-state index contributed by atoms with van der Waals surface area (Å²) in [6.07, 6.45) is -1.44. The summed E-state index contributed by atoms with van der Waals surface area (Å²) in [7, 11) is 0. The molecular formula is C19H15ClN2O4S. The van der Waals surface area contributed by atoms with E-state index in [4.69, 9.17) is 16.3 Å². The van der Waals surface area contributed by atoms with Crippen LogP contribution < -0.4 is 5.32 Å². The molecule has 138 valence electrons. The van der Waals surface area contributed by atoms with Crippen molar-refractivity contribution in [2.24, 2.45) is 0 Å². The van der Waals surface area contributed by atoms with Crippen LogP contribution >= 0.6 is 22.9 Å². The Morgan fingerprint density at radius 3 is 2.59 bits per heavy atom. The van der Waals surface area contributed by atoms with Gasteiger partial charge in [-0.05, 0) is 11.6 Å². The molecule has 0 saturated carbocycles. The van der Waals surface area contributed by atoms with Crippen LogP contribution in [0.2, 0.25) is 5.02 Å². The fraction of sp³-hybridized carbons (Fsp3) is 0.105. The molecule has 1 unspecified atom stereocenters. The summed E-state index contributed by atoms with van der Waals surface area (Å²) in [6, 6.07) is 15.6. The van der Waals surface area contributed by atoms with Gasteiger partial charge in [-0.25, -0.2) is 9.78 Å². The quantitative estimate of drug-likeness (QED) is 0.614. The highest BCUT2D eigenvalue weighted by molar-refractivity contribution is 7.14. The number of anilines is 1. The number of aliphatic hydroxyl groups excluding tert-OH is 1. The third-order valence-electron chi connectivity index (χ3n) is 3.58. The Hall–Kier alpha value is -2.74. The van der Waals surface area contributed by atoms with Crippen molar-refractivity contribution in [3.63, 3.8) is 0 Å². The number of carbonyl (C=O) groups is 2. The van der Waals surface area contributed by atoms with Gasteiger partial charge in [0.05, 0.1) is 5.69 Å². The molecule has 8 heteroatoms. The third-order valence-corrected chi connectivity index (χ3v) is 4.67. The van der Waals surface area contributed by atoms with Crippen LogP contribution in [0.5, 0.6) is 0 Å². The molecular weight excluding hydrogens is 388 g/mol. The lowest BCUT2D eigenvalue weighted by Crippen LogP contribution is -2.23. The molecule has 0 spiro atoms. The molecule has 1 aromatic heterocycles. The predicted octanol–water partition coefficient (Wildman–Crippen LogP) is 3.68. The van der Waals surface area contributed by atoms with Crippen LogP contribution in [0.25, 0.3) is 11.3 Å². The Morgan fingerprint density at radius 1 is 1.15 bits per heavy atom. The van der Waals surface area contributed by atoms with E-state index in [0.717, 1.165) is 5.56 Å². The summed E-state index contributed by atoms with van der Waals surface area (Å²) in [5.74, 6) is -1.45. The molecule has 1 heterocycles. The van der Waals surface area contributed by atoms with Crippen molar-refractivity contribution in [1.29, 1.82) is 0 Å². The number of halogens is 1. The minimum Gasteiger partial charge on any atom is -0.453 e. The van der Waals surface area contributed by atoms with Gasteiger partial charge in [0.15, 0.2) is 17.8 Å². The van der Waals surface area contributed by atoms with Gasteiger partial charge in [-0.15, -0.1) is 11.3 Å². The fourth-order valence-corrected chi connectivity index (χ4v) is 3.23. The van der Waals surface area contributed by atoms with Gasteiger partial charge in [0.1, 0.15) is 0 Å². The van der Waals surface area contributed by atoms with Crippen LogP contribution in [0, 0.1) is 0 Å². The molecule has 0 aliphatic heterocycles. The topological polar surface area (TPSA) is 88.5 Å². The average Bonchev–Trinajstić information content (AvgIpc) is 3.14. The zero-order valence-corrected chi connectivity index (χ0v) is 15.5. The van der Waals surface area contributed by atoms with E-state index < -0.39 is 24.6 Å². The van der Waals surface area contributed by atoms with Gasteiger partial charge in [0.25, 0.3) is 5.91 Å². The molecule has 0 saturated heterocycles. The Labute approximate surface area is 164 Å². The van der Waals surface area contributed by atoms with E-state index in [9.17, 15) is 14.7 Å². The molecule has 0 aliphatic rings. The van der Waals surface area contributed by atoms with Crippen molar-refractivity contribution >= 4 is 39.9 Å². The number of hydrogen-bond donors (Lipinski definition) is 2. The number of amides is 1. The summed E-state index contributed by atoms with van der Waals surface area (Å²) in [5.41, 5.74) is 1.79. The molecule has 1 atom stereocenters. The van der Waals surface area contributed by atoms with Crippen LogP contribution in [0.1, 0.15) is 11.7 Å². The van der Waals surface area contributed by atoms with E-state index in [2.05, 4.69) is 10.3 Å². The van der Waals surface area contributed by atoms with Gasteiger partial charge >= 0.3 is 5.97 Å². The van der Waals surface area contributed by atoms with Crippen LogP contribution in [-0.4, -0.2) is 28.6 Å². The first kappa shape index (κ1) is 19.0. The highest BCUT2D eigenvalue weighted by atomic mass is 35.5. The molecule has 2 N–H and O–H groups in total. The van der Waals surface area contributed by atoms with Crippen LogP contribution in [0.15, 0.2) is 60.0 Å². The lowest BCUT2D eigenvalue weighted by atomic mass is 10.1. The van der Waals surface area contributed by atoms with E-state index >= 15 is 0 Å². The fourth-order valence-electron chi connectivity index (χ4n) is 2.27. The number of nitrogens with one attached hydrogen (secondary N) is 1. The number of rotatable bonds is 6. The normalized spacial score (nSPS) is 11.6. The minimum absolute atomic E-state index is 0.356. The standard InChI is InChI=1S/C19H15ClN2O4S/c20-14-9-5-4-8-13(14)15-11-27-19(21-15)22-16(23)10-26-18(25)17(24)12-6-2-1-3-7-12/h1-9,11,17,24H,10H2,(H,21,22,23). The first-order valence-electron chi connectivity index (χ1n) is 7.94. The van der Waals surface area contributed by atoms with Gasteiger partial charge in [-0.1, -0.05) is 60.1 Å². The Kier molecular flexibility index (Phi) is 6.18. The zero-order valence-electron chi connectivity index (χ0n) is 14.0. The van der Waals surface area contributed by atoms with E-state index in [1.807, 2.05) is 18.2 Å². The summed E-state index contributed by atoms with van der Waals surface area (Å²) >= 11 is 7.36. The number of carbonyl (C=O) groups excluding carboxylic acids is 2. The number of thiazole rings is 1. The minimum atomic E-state index is -1.44. The number of esters is 1. The van der Waals surface area contributed by atoms with Gasteiger partial charge < -0.3 is 9.84 Å². The van der Waals surface area contributed by atoms with Crippen molar-refractivity contribution in [3.05, 3.63) is 70.6 Å². The molecule has 27 heavy (non-hydrogen) atoms. The first-order chi connectivity index (χ1) is 13.0. The lowest BCUT2D eigenvalue weighted by Gasteiger charge is -2.10. The molecule has 0 aliphatic carbocycles. The Morgan fingerprint density at radius 2 is 1.85 bits per heavy atom. The van der Waals surface area contributed by atoms with Crippen molar-refractivity contribution in [2.45, 2.75) is 6.10 Å². The van der Waals surface area contributed by atoms with Gasteiger partial charge in [0.2, 0.25) is 0 Å². The predicted molar refractivity (Wildman–Crippen MR) is 104 cm³/mol. The summed E-state index contributed by atoms with van der Waals surface area (Å²) in [6.45, 7) is -0.524. The van der Waals surface area contributed by atoms with Crippen LogP contribution in [-0.2, 0) is 14.3 Å². The van der Waals surface area contributed by atoms with Crippen LogP contribution in [0.3, 0.4) is 0 Å². The highest BCUT2D eigenvalue weighted by Crippen LogP contribution is 2.30. The number of hydrogen-bond acceptors (Lipinski definition) is 6. The number of aromatic nitrogens is 1. The van der Waals surface area contributed by atoms with E-state index in [0.29, 0.717) is 21.4 Å². The second kappa shape index (κ2) is 8.77. The number of ether oxygens (including phenoxy) is 1. The molecule has 0 bridgehead atoms. The molecule has 2 aromatic carbocycles. The van der Waals surface area contributed by atoms with Crippen molar-refractivity contribution in [3.8, 4) is 11.3 Å². The monoisotopic (exact) mass is 402 g/mol. The molecule has 0 fully saturated rings. The van der Waals surface area contributed by atoms with Gasteiger partial charge in [-0.2, -0.15) is 0 Å². The van der Waals surface area contributed by atoms with Gasteiger partial charge in [-0.3, -0.25) is 10.1 Å². The largest absolute Gasteiger partial charge is 0.453 e. The first-order valence-corrected chi connectivity index (χ1v) is 9.20. The van der Waals surface area contributed by atoms with Crippen molar-refractivity contribution < 1.29 is 19.4 Å². The van der Waals surface area contributed by atoms with Gasteiger partial charge in [0, 0.05) is 16.0 Å². The zero-order chi connectivity index (χ0) is 19.2. The van der Waals surface area contributed by atoms with E-state index in [1.54, 1.807) is 41.8 Å². The number of aliphatic hydroxyl groups is 1. The van der Waals surface area contributed by atoms with E-state index in [-0.39, 0.29) is 0 Å². The second-order valence-electron chi connectivity index (χ2n) is 5.49. The molecule has 3 aromatic rings.